The average Bonchev–Trinajstić information content (AvgIpc) is 3.15. The Hall–Kier alpha value is -3.78. The van der Waals surface area contributed by atoms with Crippen molar-refractivity contribution in [3.8, 4) is 34.5 Å². The number of halogens is 1. The van der Waals surface area contributed by atoms with Crippen LogP contribution in [0.3, 0.4) is 0 Å². The highest BCUT2D eigenvalue weighted by molar-refractivity contribution is 5.87. The molecule has 0 aliphatic carbocycles. The SMILES string of the molecule is COc1ccc(-c2cnc3[nH]cc(C#Cc4ccc(F)cc4)c3c2)cc1OC. The predicted molar refractivity (Wildman–Crippen MR) is 107 cm³/mol. The zero-order valence-electron chi connectivity index (χ0n) is 15.4. The standard InChI is InChI=1S/C23H17FN2O2/c1-27-21-10-7-16(12-22(21)28-2)18-11-20-17(13-25-23(20)26-14-18)6-3-15-4-8-19(24)9-5-15/h4-5,7-14H,1-2H3,(H,25,26). The first-order valence-corrected chi connectivity index (χ1v) is 8.65. The molecule has 28 heavy (non-hydrogen) atoms. The summed E-state index contributed by atoms with van der Waals surface area (Å²) in [5, 5.41) is 0.918. The molecule has 0 saturated carbocycles. The fraction of sp³-hybridized carbons (Fsp3) is 0.0870. The molecule has 0 atom stereocenters. The molecular formula is C23H17FN2O2. The lowest BCUT2D eigenvalue weighted by atomic mass is 10.0. The number of ether oxygens (including phenoxy) is 2. The number of benzene rings is 2. The second-order valence-corrected chi connectivity index (χ2v) is 6.15. The van der Waals surface area contributed by atoms with Crippen LogP contribution in [0.5, 0.6) is 11.5 Å². The number of nitrogens with zero attached hydrogens (tertiary/aromatic N) is 1. The second-order valence-electron chi connectivity index (χ2n) is 6.15. The Balaban J connectivity index is 1.74. The molecule has 0 fully saturated rings. The second kappa shape index (κ2) is 7.45. The minimum atomic E-state index is -0.276. The molecule has 2 aromatic carbocycles. The van der Waals surface area contributed by atoms with Crippen molar-refractivity contribution in [1.29, 1.82) is 0 Å². The first kappa shape index (κ1) is 17.6. The first-order valence-electron chi connectivity index (χ1n) is 8.65. The van der Waals surface area contributed by atoms with E-state index >= 15 is 0 Å². The van der Waals surface area contributed by atoms with Gasteiger partial charge in [-0.2, -0.15) is 0 Å². The van der Waals surface area contributed by atoms with E-state index in [2.05, 4.69) is 21.8 Å². The van der Waals surface area contributed by atoms with E-state index in [1.165, 1.54) is 12.1 Å². The molecule has 4 nitrogen and oxygen atoms in total. The molecule has 1 N–H and O–H groups in total. The highest BCUT2D eigenvalue weighted by Crippen LogP contribution is 2.33. The van der Waals surface area contributed by atoms with Gasteiger partial charge in [-0.1, -0.05) is 17.9 Å². The van der Waals surface area contributed by atoms with E-state index in [4.69, 9.17) is 9.47 Å². The number of H-pyrrole nitrogens is 1. The minimum absolute atomic E-state index is 0.276. The van der Waals surface area contributed by atoms with E-state index in [1.54, 1.807) is 32.5 Å². The van der Waals surface area contributed by atoms with E-state index in [-0.39, 0.29) is 5.82 Å². The van der Waals surface area contributed by atoms with Gasteiger partial charge >= 0.3 is 0 Å². The summed E-state index contributed by atoms with van der Waals surface area (Å²) in [4.78, 5) is 7.63. The van der Waals surface area contributed by atoms with Crippen molar-refractivity contribution in [2.75, 3.05) is 14.2 Å². The Morgan fingerprint density at radius 1 is 0.893 bits per heavy atom. The summed E-state index contributed by atoms with van der Waals surface area (Å²) >= 11 is 0. The lowest BCUT2D eigenvalue weighted by Gasteiger charge is -2.09. The van der Waals surface area contributed by atoms with E-state index in [0.717, 1.165) is 33.3 Å². The molecular weight excluding hydrogens is 355 g/mol. The van der Waals surface area contributed by atoms with Gasteiger partial charge in [0.25, 0.3) is 0 Å². The van der Waals surface area contributed by atoms with Gasteiger partial charge in [0.05, 0.1) is 19.8 Å². The van der Waals surface area contributed by atoms with E-state index in [0.29, 0.717) is 11.5 Å². The van der Waals surface area contributed by atoms with Gasteiger partial charge < -0.3 is 14.5 Å². The van der Waals surface area contributed by atoms with E-state index in [9.17, 15) is 4.39 Å². The maximum absolute atomic E-state index is 13.0. The topological polar surface area (TPSA) is 47.1 Å². The van der Waals surface area contributed by atoms with Crippen molar-refractivity contribution >= 4 is 11.0 Å². The fourth-order valence-corrected chi connectivity index (χ4v) is 2.95. The summed E-state index contributed by atoms with van der Waals surface area (Å²) in [6, 6.07) is 13.9. The van der Waals surface area contributed by atoms with Crippen LogP contribution in [0.1, 0.15) is 11.1 Å². The quantitative estimate of drug-likeness (QED) is 0.526. The molecule has 4 aromatic rings. The van der Waals surface area contributed by atoms with E-state index < -0.39 is 0 Å². The molecule has 2 heterocycles. The number of rotatable bonds is 3. The minimum Gasteiger partial charge on any atom is -0.493 e. The monoisotopic (exact) mass is 372 g/mol. The van der Waals surface area contributed by atoms with Gasteiger partial charge in [-0.05, 0) is 48.0 Å². The number of aromatic nitrogens is 2. The van der Waals surface area contributed by atoms with Crippen LogP contribution in [0.15, 0.2) is 60.9 Å². The molecule has 0 radical (unpaired) electrons. The molecule has 0 aliphatic rings. The Bertz CT molecular complexity index is 1200. The molecule has 0 aliphatic heterocycles. The number of nitrogens with one attached hydrogen (secondary N) is 1. The number of hydrogen-bond acceptors (Lipinski definition) is 3. The van der Waals surface area contributed by atoms with Crippen LogP contribution in [0, 0.1) is 17.7 Å². The first-order chi connectivity index (χ1) is 13.7. The Morgan fingerprint density at radius 2 is 1.68 bits per heavy atom. The van der Waals surface area contributed by atoms with E-state index in [1.807, 2.05) is 30.5 Å². The van der Waals surface area contributed by atoms with Crippen molar-refractivity contribution in [2.24, 2.45) is 0 Å². The normalized spacial score (nSPS) is 10.4. The lowest BCUT2D eigenvalue weighted by molar-refractivity contribution is 0.355. The summed E-state index contributed by atoms with van der Waals surface area (Å²) in [6.07, 6.45) is 3.63. The zero-order chi connectivity index (χ0) is 19.5. The summed E-state index contributed by atoms with van der Waals surface area (Å²) in [5.41, 5.74) is 4.24. The van der Waals surface area contributed by atoms with Crippen LogP contribution in [0.2, 0.25) is 0 Å². The van der Waals surface area contributed by atoms with Gasteiger partial charge in [-0.3, -0.25) is 0 Å². The van der Waals surface area contributed by atoms with Gasteiger partial charge in [-0.25, -0.2) is 9.37 Å². The Morgan fingerprint density at radius 3 is 2.43 bits per heavy atom. The van der Waals surface area contributed by atoms with Crippen LogP contribution < -0.4 is 9.47 Å². The summed E-state index contributed by atoms with van der Waals surface area (Å²) in [5.74, 6) is 7.25. The van der Waals surface area contributed by atoms with Crippen molar-refractivity contribution in [3.05, 3.63) is 77.9 Å². The van der Waals surface area contributed by atoms with Gasteiger partial charge in [0.15, 0.2) is 11.5 Å². The maximum Gasteiger partial charge on any atom is 0.161 e. The highest BCUT2D eigenvalue weighted by Gasteiger charge is 2.09. The predicted octanol–water partition coefficient (Wildman–Crippen LogP) is 4.79. The van der Waals surface area contributed by atoms with Crippen molar-refractivity contribution in [3.63, 3.8) is 0 Å². The van der Waals surface area contributed by atoms with Gasteiger partial charge in [0, 0.05) is 28.9 Å². The van der Waals surface area contributed by atoms with Gasteiger partial charge in [0.2, 0.25) is 0 Å². The third-order valence-electron chi connectivity index (χ3n) is 4.43. The van der Waals surface area contributed by atoms with Gasteiger partial charge in [0.1, 0.15) is 11.5 Å². The van der Waals surface area contributed by atoms with Gasteiger partial charge in [-0.15, -0.1) is 0 Å². The molecule has 5 heteroatoms. The molecule has 0 unspecified atom stereocenters. The van der Waals surface area contributed by atoms with Crippen LogP contribution >= 0.6 is 0 Å². The lowest BCUT2D eigenvalue weighted by Crippen LogP contribution is -1.91. The molecule has 0 amide bonds. The largest absolute Gasteiger partial charge is 0.493 e. The Labute approximate surface area is 162 Å². The number of pyridine rings is 1. The number of fused-ring (bicyclic) bond motifs is 1. The molecule has 138 valence electrons. The number of hydrogen-bond donors (Lipinski definition) is 1. The smallest absolute Gasteiger partial charge is 0.161 e. The summed E-state index contributed by atoms with van der Waals surface area (Å²) in [6.45, 7) is 0. The van der Waals surface area contributed by atoms with Crippen LogP contribution in [0.25, 0.3) is 22.2 Å². The van der Waals surface area contributed by atoms with Crippen molar-refractivity contribution in [1.82, 2.24) is 9.97 Å². The molecule has 2 aromatic heterocycles. The molecule has 0 saturated heterocycles. The van der Waals surface area contributed by atoms with Crippen LogP contribution in [-0.2, 0) is 0 Å². The molecule has 0 spiro atoms. The van der Waals surface area contributed by atoms with Crippen LogP contribution in [0.4, 0.5) is 4.39 Å². The third-order valence-corrected chi connectivity index (χ3v) is 4.43. The highest BCUT2D eigenvalue weighted by atomic mass is 19.1. The van der Waals surface area contributed by atoms with Crippen molar-refractivity contribution < 1.29 is 13.9 Å². The summed E-state index contributed by atoms with van der Waals surface area (Å²) in [7, 11) is 3.22. The number of methoxy groups -OCH3 is 2. The van der Waals surface area contributed by atoms with Crippen molar-refractivity contribution in [2.45, 2.75) is 0 Å². The third kappa shape index (κ3) is 3.40. The Kier molecular flexibility index (Phi) is 4.69. The summed E-state index contributed by atoms with van der Waals surface area (Å²) < 4.78 is 23.7. The molecule has 4 rings (SSSR count). The average molecular weight is 372 g/mol. The number of aromatic amines is 1. The zero-order valence-corrected chi connectivity index (χ0v) is 15.4. The molecule has 0 bridgehead atoms. The fourth-order valence-electron chi connectivity index (χ4n) is 2.95. The van der Waals surface area contributed by atoms with Crippen LogP contribution in [-0.4, -0.2) is 24.2 Å². The maximum atomic E-state index is 13.0.